The zero-order valence-corrected chi connectivity index (χ0v) is 6.91. The average molecular weight is 127 g/mol. The van der Waals surface area contributed by atoms with Gasteiger partial charge in [0.1, 0.15) is 0 Å². The first-order valence-corrected chi connectivity index (χ1v) is 3.52. The normalized spacial score (nSPS) is 13.3. The fourth-order valence-electron chi connectivity index (χ4n) is 0.718. The fraction of sp³-hybridized carbons (Fsp3) is 0.750. The standard InChI is InChI=1S/C8H17N/c1-5-7(2)8(3)6-9-4/h9H,5-6H2,1-4H3/b8-7-. The molecule has 0 amide bonds. The molecule has 0 rings (SSSR count). The van der Waals surface area contributed by atoms with Crippen molar-refractivity contribution in [3.8, 4) is 0 Å². The second-order valence-electron chi connectivity index (χ2n) is 2.44. The van der Waals surface area contributed by atoms with Crippen molar-refractivity contribution < 1.29 is 0 Å². The lowest BCUT2D eigenvalue weighted by Gasteiger charge is -2.03. The highest BCUT2D eigenvalue weighted by atomic mass is 14.8. The van der Waals surface area contributed by atoms with Gasteiger partial charge >= 0.3 is 0 Å². The fourth-order valence-corrected chi connectivity index (χ4v) is 0.718. The van der Waals surface area contributed by atoms with Crippen LogP contribution in [0.5, 0.6) is 0 Å². The quantitative estimate of drug-likeness (QED) is 0.571. The van der Waals surface area contributed by atoms with Gasteiger partial charge < -0.3 is 5.32 Å². The monoisotopic (exact) mass is 127 g/mol. The van der Waals surface area contributed by atoms with Crippen LogP contribution in [0.15, 0.2) is 11.1 Å². The van der Waals surface area contributed by atoms with E-state index in [2.05, 4.69) is 26.1 Å². The van der Waals surface area contributed by atoms with Crippen LogP contribution in [0.3, 0.4) is 0 Å². The molecule has 9 heavy (non-hydrogen) atoms. The van der Waals surface area contributed by atoms with Crippen molar-refractivity contribution in [2.24, 2.45) is 0 Å². The highest BCUT2D eigenvalue weighted by molar-refractivity contribution is 5.10. The third-order valence-electron chi connectivity index (χ3n) is 1.70. The molecule has 0 heterocycles. The van der Waals surface area contributed by atoms with Crippen molar-refractivity contribution in [3.63, 3.8) is 0 Å². The molecule has 0 unspecified atom stereocenters. The van der Waals surface area contributed by atoms with Crippen molar-refractivity contribution in [1.82, 2.24) is 5.32 Å². The van der Waals surface area contributed by atoms with E-state index in [0.717, 1.165) is 6.54 Å². The van der Waals surface area contributed by atoms with Gasteiger partial charge in [-0.3, -0.25) is 0 Å². The third kappa shape index (κ3) is 3.31. The smallest absolute Gasteiger partial charge is 0.0161 e. The summed E-state index contributed by atoms with van der Waals surface area (Å²) in [4.78, 5) is 0. The average Bonchev–Trinajstić information content (AvgIpc) is 1.87. The summed E-state index contributed by atoms with van der Waals surface area (Å²) in [6.45, 7) is 7.58. The van der Waals surface area contributed by atoms with E-state index in [4.69, 9.17) is 0 Å². The van der Waals surface area contributed by atoms with Gasteiger partial charge in [0, 0.05) is 6.54 Å². The minimum Gasteiger partial charge on any atom is -0.316 e. The SMILES string of the molecule is CC/C(C)=C(/C)CNC. The molecule has 0 aliphatic heterocycles. The summed E-state index contributed by atoms with van der Waals surface area (Å²) in [6, 6.07) is 0. The van der Waals surface area contributed by atoms with Crippen LogP contribution in [-0.2, 0) is 0 Å². The van der Waals surface area contributed by atoms with Crippen LogP contribution in [0.2, 0.25) is 0 Å². The maximum Gasteiger partial charge on any atom is 0.0161 e. The lowest BCUT2D eigenvalue weighted by atomic mass is 10.1. The van der Waals surface area contributed by atoms with Crippen LogP contribution < -0.4 is 5.32 Å². The minimum absolute atomic E-state index is 1.03. The summed E-state index contributed by atoms with van der Waals surface area (Å²) in [5, 5.41) is 3.12. The molecule has 0 fully saturated rings. The summed E-state index contributed by atoms with van der Waals surface area (Å²) in [6.07, 6.45) is 1.17. The molecule has 1 nitrogen and oxygen atoms in total. The molecule has 0 bridgehead atoms. The second-order valence-corrected chi connectivity index (χ2v) is 2.44. The highest BCUT2D eigenvalue weighted by Gasteiger charge is 1.90. The largest absolute Gasteiger partial charge is 0.316 e. The Labute approximate surface area is 58.2 Å². The number of likely N-dealkylation sites (N-methyl/N-ethyl adjacent to an activating group) is 1. The van der Waals surface area contributed by atoms with Gasteiger partial charge in [-0.1, -0.05) is 18.1 Å². The first-order chi connectivity index (χ1) is 4.22. The summed E-state index contributed by atoms with van der Waals surface area (Å²) in [5.41, 5.74) is 2.98. The maximum atomic E-state index is 3.12. The number of nitrogens with one attached hydrogen (secondary N) is 1. The Morgan fingerprint density at radius 2 is 1.78 bits per heavy atom. The molecular formula is C8H17N. The predicted molar refractivity (Wildman–Crippen MR) is 42.6 cm³/mol. The number of allylic oxidation sites excluding steroid dienone is 1. The molecule has 0 aromatic rings. The molecule has 0 saturated heterocycles. The van der Waals surface area contributed by atoms with Gasteiger partial charge in [-0.2, -0.15) is 0 Å². The topological polar surface area (TPSA) is 12.0 Å². The van der Waals surface area contributed by atoms with Crippen molar-refractivity contribution in [1.29, 1.82) is 0 Å². The predicted octanol–water partition coefficient (Wildman–Crippen LogP) is 1.95. The van der Waals surface area contributed by atoms with Crippen LogP contribution in [0, 0.1) is 0 Å². The summed E-state index contributed by atoms with van der Waals surface area (Å²) in [5.74, 6) is 0. The van der Waals surface area contributed by atoms with Gasteiger partial charge in [-0.05, 0) is 27.3 Å². The number of rotatable bonds is 3. The van der Waals surface area contributed by atoms with Gasteiger partial charge in [-0.15, -0.1) is 0 Å². The van der Waals surface area contributed by atoms with E-state index in [1.807, 2.05) is 7.05 Å². The first kappa shape index (κ1) is 8.70. The summed E-state index contributed by atoms with van der Waals surface area (Å²) in [7, 11) is 1.98. The van der Waals surface area contributed by atoms with Gasteiger partial charge in [0.25, 0.3) is 0 Å². The van der Waals surface area contributed by atoms with Crippen LogP contribution in [-0.4, -0.2) is 13.6 Å². The van der Waals surface area contributed by atoms with Gasteiger partial charge in [0.2, 0.25) is 0 Å². The molecule has 0 atom stereocenters. The van der Waals surface area contributed by atoms with Gasteiger partial charge in [0.15, 0.2) is 0 Å². The summed E-state index contributed by atoms with van der Waals surface area (Å²) >= 11 is 0. The van der Waals surface area contributed by atoms with E-state index >= 15 is 0 Å². The molecule has 1 heteroatoms. The first-order valence-electron chi connectivity index (χ1n) is 3.52. The van der Waals surface area contributed by atoms with Crippen molar-refractivity contribution in [3.05, 3.63) is 11.1 Å². The molecule has 0 saturated carbocycles. The Morgan fingerprint density at radius 1 is 1.22 bits per heavy atom. The minimum atomic E-state index is 1.03. The Morgan fingerprint density at radius 3 is 2.11 bits per heavy atom. The molecule has 54 valence electrons. The van der Waals surface area contributed by atoms with Gasteiger partial charge in [-0.25, -0.2) is 0 Å². The van der Waals surface area contributed by atoms with E-state index < -0.39 is 0 Å². The molecule has 1 N–H and O–H groups in total. The van der Waals surface area contributed by atoms with Gasteiger partial charge in [0.05, 0.1) is 0 Å². The molecular weight excluding hydrogens is 110 g/mol. The lowest BCUT2D eigenvalue weighted by molar-refractivity contribution is 0.857. The second kappa shape index (κ2) is 4.57. The van der Waals surface area contributed by atoms with E-state index in [0.29, 0.717) is 0 Å². The van der Waals surface area contributed by atoms with E-state index in [1.54, 1.807) is 0 Å². The maximum absolute atomic E-state index is 3.12. The number of hydrogen-bond donors (Lipinski definition) is 1. The highest BCUT2D eigenvalue weighted by Crippen LogP contribution is 2.04. The van der Waals surface area contributed by atoms with E-state index in [9.17, 15) is 0 Å². The Bertz CT molecular complexity index is 103. The van der Waals surface area contributed by atoms with Crippen LogP contribution >= 0.6 is 0 Å². The van der Waals surface area contributed by atoms with Crippen molar-refractivity contribution >= 4 is 0 Å². The molecule has 0 radical (unpaired) electrons. The molecule has 0 aromatic carbocycles. The summed E-state index contributed by atoms with van der Waals surface area (Å²) < 4.78 is 0. The van der Waals surface area contributed by atoms with E-state index in [-0.39, 0.29) is 0 Å². The zero-order valence-electron chi connectivity index (χ0n) is 6.91. The Hall–Kier alpha value is -0.300. The van der Waals surface area contributed by atoms with Crippen molar-refractivity contribution in [2.45, 2.75) is 27.2 Å². The van der Waals surface area contributed by atoms with Crippen LogP contribution in [0.1, 0.15) is 27.2 Å². The third-order valence-corrected chi connectivity index (χ3v) is 1.70. The molecule has 0 aliphatic rings. The Balaban J connectivity index is 3.78. The molecule has 0 spiro atoms. The van der Waals surface area contributed by atoms with Crippen LogP contribution in [0.25, 0.3) is 0 Å². The molecule has 0 aromatic heterocycles. The zero-order chi connectivity index (χ0) is 7.28. The number of hydrogen-bond acceptors (Lipinski definition) is 1. The molecule has 0 aliphatic carbocycles. The van der Waals surface area contributed by atoms with E-state index in [1.165, 1.54) is 17.6 Å². The van der Waals surface area contributed by atoms with Crippen LogP contribution in [0.4, 0.5) is 0 Å². The lowest BCUT2D eigenvalue weighted by Crippen LogP contribution is -2.09. The Kier molecular flexibility index (Phi) is 4.41. The van der Waals surface area contributed by atoms with Crippen molar-refractivity contribution in [2.75, 3.05) is 13.6 Å².